The van der Waals surface area contributed by atoms with Gasteiger partial charge in [-0.25, -0.2) is 4.98 Å². The van der Waals surface area contributed by atoms with Gasteiger partial charge in [-0.2, -0.15) is 0 Å². The Hall–Kier alpha value is -0.610. The zero-order chi connectivity index (χ0) is 9.84. The van der Waals surface area contributed by atoms with E-state index in [4.69, 9.17) is 11.6 Å². The monoisotopic (exact) mass is 218 g/mol. The number of hydrogen-bond acceptors (Lipinski definition) is 3. The van der Waals surface area contributed by atoms with Crippen molar-refractivity contribution in [3.63, 3.8) is 0 Å². The number of carbonyl (C=O) groups is 1. The van der Waals surface area contributed by atoms with Crippen LogP contribution in [0.2, 0.25) is 0 Å². The normalized spacial score (nSPS) is 12.5. The predicted octanol–water partition coefficient (Wildman–Crippen LogP) is 2.27. The van der Waals surface area contributed by atoms with Crippen LogP contribution >= 0.6 is 22.9 Å². The number of nitrogens with zero attached hydrogens (tertiary/aromatic N) is 1. The second-order valence-electron chi connectivity index (χ2n) is 2.60. The van der Waals surface area contributed by atoms with Crippen molar-refractivity contribution in [1.82, 2.24) is 4.98 Å². The van der Waals surface area contributed by atoms with Crippen molar-refractivity contribution in [2.75, 3.05) is 5.32 Å². The number of hydrogen-bond donors (Lipinski definition) is 1. The van der Waals surface area contributed by atoms with Gasteiger partial charge in [0, 0.05) is 5.38 Å². The second kappa shape index (κ2) is 4.58. The van der Waals surface area contributed by atoms with Gasteiger partial charge in [0.25, 0.3) is 0 Å². The smallest absolute Gasteiger partial charge is 0.243 e. The Morgan fingerprint density at radius 3 is 3.00 bits per heavy atom. The van der Waals surface area contributed by atoms with Crippen LogP contribution < -0.4 is 5.32 Å². The molecule has 0 saturated heterocycles. The average Bonchev–Trinajstić information content (AvgIpc) is 2.52. The summed E-state index contributed by atoms with van der Waals surface area (Å²) in [6.45, 7) is 3.65. The van der Waals surface area contributed by atoms with Crippen molar-refractivity contribution in [3.8, 4) is 0 Å². The molecule has 0 spiro atoms. The van der Waals surface area contributed by atoms with Crippen LogP contribution in [0.4, 0.5) is 5.13 Å². The quantitative estimate of drug-likeness (QED) is 0.791. The summed E-state index contributed by atoms with van der Waals surface area (Å²) < 4.78 is 0. The molecule has 0 aromatic carbocycles. The Bertz CT molecular complexity index is 298. The Morgan fingerprint density at radius 1 is 1.85 bits per heavy atom. The molecular weight excluding hydrogens is 208 g/mol. The number of alkyl halides is 1. The molecule has 0 saturated carbocycles. The van der Waals surface area contributed by atoms with Crippen molar-refractivity contribution >= 4 is 34.0 Å². The van der Waals surface area contributed by atoms with E-state index >= 15 is 0 Å². The number of anilines is 1. The first-order valence-electron chi connectivity index (χ1n) is 4.02. The van der Waals surface area contributed by atoms with Crippen molar-refractivity contribution in [1.29, 1.82) is 0 Å². The Kier molecular flexibility index (Phi) is 3.69. The molecule has 1 rings (SSSR count). The van der Waals surface area contributed by atoms with Crippen LogP contribution in [-0.2, 0) is 11.2 Å². The van der Waals surface area contributed by atoms with Crippen molar-refractivity contribution < 1.29 is 4.79 Å². The molecule has 0 aliphatic carbocycles. The molecule has 5 heteroatoms. The highest BCUT2D eigenvalue weighted by Gasteiger charge is 2.10. The van der Waals surface area contributed by atoms with Crippen LogP contribution in [0.3, 0.4) is 0 Å². The molecule has 1 N–H and O–H groups in total. The standard InChI is InChI=1S/C8H11ClN2OS/c1-3-6-4-13-8(10-6)11-7(12)5(2)9/h4-5H,3H2,1-2H3,(H,10,11,12). The van der Waals surface area contributed by atoms with Gasteiger partial charge in [-0.15, -0.1) is 22.9 Å². The predicted molar refractivity (Wildman–Crippen MR) is 55.4 cm³/mol. The van der Waals surface area contributed by atoms with Crippen LogP contribution in [0.25, 0.3) is 0 Å². The number of amides is 1. The summed E-state index contributed by atoms with van der Waals surface area (Å²) in [5, 5.41) is 4.66. The molecule has 1 aromatic heterocycles. The molecule has 1 aromatic rings. The fourth-order valence-corrected chi connectivity index (χ4v) is 1.58. The third kappa shape index (κ3) is 2.97. The molecule has 1 atom stereocenters. The highest BCUT2D eigenvalue weighted by atomic mass is 35.5. The summed E-state index contributed by atoms with van der Waals surface area (Å²) in [6.07, 6.45) is 0.878. The van der Waals surface area contributed by atoms with E-state index in [1.807, 2.05) is 12.3 Å². The second-order valence-corrected chi connectivity index (χ2v) is 4.12. The molecule has 3 nitrogen and oxygen atoms in total. The summed E-state index contributed by atoms with van der Waals surface area (Å²) >= 11 is 7.00. The minimum atomic E-state index is -0.519. The molecule has 0 aliphatic rings. The number of nitrogens with one attached hydrogen (secondary N) is 1. The largest absolute Gasteiger partial charge is 0.301 e. The third-order valence-corrected chi connectivity index (χ3v) is 2.51. The van der Waals surface area contributed by atoms with Crippen LogP contribution in [0.1, 0.15) is 19.5 Å². The van der Waals surface area contributed by atoms with Crippen molar-refractivity contribution in [3.05, 3.63) is 11.1 Å². The molecule has 1 unspecified atom stereocenters. The first-order chi connectivity index (χ1) is 6.13. The maximum atomic E-state index is 11.1. The van der Waals surface area contributed by atoms with E-state index in [2.05, 4.69) is 10.3 Å². The van der Waals surface area contributed by atoms with Crippen molar-refractivity contribution in [2.45, 2.75) is 25.6 Å². The number of carbonyl (C=O) groups excluding carboxylic acids is 1. The number of thiazole rings is 1. The lowest BCUT2D eigenvalue weighted by atomic mass is 10.4. The minimum Gasteiger partial charge on any atom is -0.301 e. The zero-order valence-corrected chi connectivity index (χ0v) is 9.08. The average molecular weight is 219 g/mol. The highest BCUT2D eigenvalue weighted by Crippen LogP contribution is 2.16. The molecule has 13 heavy (non-hydrogen) atoms. The van der Waals surface area contributed by atoms with E-state index in [1.165, 1.54) is 11.3 Å². The Morgan fingerprint density at radius 2 is 2.54 bits per heavy atom. The van der Waals surface area contributed by atoms with Gasteiger partial charge in [-0.1, -0.05) is 6.92 Å². The molecule has 1 amide bonds. The molecular formula is C8H11ClN2OS. The van der Waals surface area contributed by atoms with Gasteiger partial charge in [0.1, 0.15) is 5.38 Å². The number of aromatic nitrogens is 1. The van der Waals surface area contributed by atoms with Gasteiger partial charge in [0.15, 0.2) is 5.13 Å². The van der Waals surface area contributed by atoms with Gasteiger partial charge < -0.3 is 5.32 Å². The first kappa shape index (κ1) is 10.5. The summed E-state index contributed by atoms with van der Waals surface area (Å²) in [4.78, 5) is 15.3. The van der Waals surface area contributed by atoms with Crippen LogP contribution in [0.15, 0.2) is 5.38 Å². The fraction of sp³-hybridized carbons (Fsp3) is 0.500. The lowest BCUT2D eigenvalue weighted by Crippen LogP contribution is -2.20. The molecule has 72 valence electrons. The summed E-state index contributed by atoms with van der Waals surface area (Å²) in [7, 11) is 0. The maximum absolute atomic E-state index is 11.1. The van der Waals surface area contributed by atoms with Crippen molar-refractivity contribution in [2.24, 2.45) is 0 Å². The van der Waals surface area contributed by atoms with E-state index in [0.29, 0.717) is 5.13 Å². The molecule has 1 heterocycles. The van der Waals surface area contributed by atoms with E-state index < -0.39 is 5.38 Å². The molecule has 0 fully saturated rings. The Labute approximate surface area is 86.1 Å². The van der Waals surface area contributed by atoms with Crippen LogP contribution in [0, 0.1) is 0 Å². The van der Waals surface area contributed by atoms with Crippen LogP contribution in [0.5, 0.6) is 0 Å². The lowest BCUT2D eigenvalue weighted by molar-refractivity contribution is -0.115. The topological polar surface area (TPSA) is 42.0 Å². The van der Waals surface area contributed by atoms with Gasteiger partial charge in [0.2, 0.25) is 5.91 Å². The maximum Gasteiger partial charge on any atom is 0.243 e. The lowest BCUT2D eigenvalue weighted by Gasteiger charge is -2.01. The SMILES string of the molecule is CCc1csc(NC(=O)C(C)Cl)n1. The summed E-state index contributed by atoms with van der Waals surface area (Å²) in [5.74, 6) is -0.210. The summed E-state index contributed by atoms with van der Waals surface area (Å²) in [5.41, 5.74) is 0.988. The number of aryl methyl sites for hydroxylation is 1. The van der Waals surface area contributed by atoms with Gasteiger partial charge in [0.05, 0.1) is 5.69 Å². The first-order valence-corrected chi connectivity index (χ1v) is 5.34. The molecule has 0 radical (unpaired) electrons. The minimum absolute atomic E-state index is 0.210. The third-order valence-electron chi connectivity index (χ3n) is 1.51. The molecule has 0 bridgehead atoms. The van der Waals surface area contributed by atoms with E-state index in [0.717, 1.165) is 12.1 Å². The molecule has 0 aliphatic heterocycles. The van der Waals surface area contributed by atoms with Gasteiger partial charge in [-0.05, 0) is 13.3 Å². The highest BCUT2D eigenvalue weighted by molar-refractivity contribution is 7.13. The van der Waals surface area contributed by atoms with E-state index in [1.54, 1.807) is 6.92 Å². The van der Waals surface area contributed by atoms with Gasteiger partial charge in [-0.3, -0.25) is 4.79 Å². The van der Waals surface area contributed by atoms with Crippen LogP contribution in [-0.4, -0.2) is 16.3 Å². The zero-order valence-electron chi connectivity index (χ0n) is 7.50. The van der Waals surface area contributed by atoms with Gasteiger partial charge >= 0.3 is 0 Å². The Balaban J connectivity index is 2.59. The summed E-state index contributed by atoms with van der Waals surface area (Å²) in [6, 6.07) is 0. The van der Waals surface area contributed by atoms with E-state index in [9.17, 15) is 4.79 Å². The number of rotatable bonds is 3. The van der Waals surface area contributed by atoms with E-state index in [-0.39, 0.29) is 5.91 Å². The number of halogens is 1. The fourth-order valence-electron chi connectivity index (χ4n) is 0.732.